The van der Waals surface area contributed by atoms with Gasteiger partial charge in [0.05, 0.1) is 23.3 Å². The van der Waals surface area contributed by atoms with Crippen LogP contribution >= 0.6 is 0 Å². The van der Waals surface area contributed by atoms with Gasteiger partial charge in [-0.2, -0.15) is 5.10 Å². The SMILES string of the molecule is O=C(Cc1cccc2ccccc12)NN=Cc1cccn1-c1ccc([N+](=O)[O-])cc1. The van der Waals surface area contributed by atoms with Crippen LogP contribution in [0.5, 0.6) is 0 Å². The Morgan fingerprint density at radius 1 is 1.00 bits per heavy atom. The number of nitro benzene ring substituents is 1. The Morgan fingerprint density at radius 3 is 2.57 bits per heavy atom. The number of fused-ring (bicyclic) bond motifs is 1. The van der Waals surface area contributed by atoms with Gasteiger partial charge in [-0.1, -0.05) is 42.5 Å². The van der Waals surface area contributed by atoms with Crippen LogP contribution in [0.3, 0.4) is 0 Å². The van der Waals surface area contributed by atoms with Crippen molar-refractivity contribution in [3.05, 3.63) is 106 Å². The maximum absolute atomic E-state index is 12.3. The number of hydrogen-bond acceptors (Lipinski definition) is 4. The average Bonchev–Trinajstić information content (AvgIpc) is 3.22. The molecule has 4 aromatic rings. The first kappa shape index (κ1) is 19.1. The van der Waals surface area contributed by atoms with Crippen LogP contribution < -0.4 is 5.43 Å². The minimum atomic E-state index is -0.437. The largest absolute Gasteiger partial charge is 0.316 e. The van der Waals surface area contributed by atoms with Crippen LogP contribution in [-0.4, -0.2) is 21.6 Å². The molecule has 0 radical (unpaired) electrons. The molecule has 4 rings (SSSR count). The summed E-state index contributed by atoms with van der Waals surface area (Å²) in [6.45, 7) is 0. The molecular weight excluding hydrogens is 380 g/mol. The number of aromatic nitrogens is 1. The van der Waals surface area contributed by atoms with Gasteiger partial charge in [-0.05, 0) is 40.6 Å². The maximum atomic E-state index is 12.3. The molecule has 7 heteroatoms. The van der Waals surface area contributed by atoms with Gasteiger partial charge in [0.25, 0.3) is 5.69 Å². The number of nitrogens with zero attached hydrogens (tertiary/aromatic N) is 3. The third-order valence-corrected chi connectivity index (χ3v) is 4.74. The molecule has 0 unspecified atom stereocenters. The molecule has 0 saturated carbocycles. The Balaban J connectivity index is 1.44. The van der Waals surface area contributed by atoms with E-state index < -0.39 is 4.92 Å². The number of hydrogen-bond donors (Lipinski definition) is 1. The molecule has 1 heterocycles. The topological polar surface area (TPSA) is 89.5 Å². The Morgan fingerprint density at radius 2 is 1.77 bits per heavy atom. The number of carbonyl (C=O) groups excluding carboxylic acids is 1. The Labute approximate surface area is 172 Å². The van der Waals surface area contributed by atoms with Crippen LogP contribution in [0.15, 0.2) is 90.2 Å². The number of amides is 1. The first-order valence-corrected chi connectivity index (χ1v) is 9.32. The van der Waals surface area contributed by atoms with Crippen molar-refractivity contribution in [2.24, 2.45) is 5.10 Å². The van der Waals surface area contributed by atoms with Crippen molar-refractivity contribution in [2.45, 2.75) is 6.42 Å². The van der Waals surface area contributed by atoms with E-state index in [-0.39, 0.29) is 18.0 Å². The van der Waals surface area contributed by atoms with Crippen molar-refractivity contribution in [1.82, 2.24) is 9.99 Å². The fourth-order valence-corrected chi connectivity index (χ4v) is 3.30. The van der Waals surface area contributed by atoms with E-state index in [9.17, 15) is 14.9 Å². The van der Waals surface area contributed by atoms with E-state index in [1.807, 2.05) is 65.4 Å². The van der Waals surface area contributed by atoms with E-state index in [0.717, 1.165) is 27.7 Å². The molecule has 0 bridgehead atoms. The lowest BCUT2D eigenvalue weighted by Crippen LogP contribution is -2.20. The monoisotopic (exact) mass is 398 g/mol. The summed E-state index contributed by atoms with van der Waals surface area (Å²) >= 11 is 0. The molecule has 0 aliphatic rings. The molecule has 0 saturated heterocycles. The zero-order chi connectivity index (χ0) is 20.9. The van der Waals surface area contributed by atoms with Crippen molar-refractivity contribution in [1.29, 1.82) is 0 Å². The van der Waals surface area contributed by atoms with E-state index in [2.05, 4.69) is 10.5 Å². The first-order valence-electron chi connectivity index (χ1n) is 9.32. The number of rotatable bonds is 6. The van der Waals surface area contributed by atoms with Gasteiger partial charge in [0, 0.05) is 24.0 Å². The van der Waals surface area contributed by atoms with Crippen molar-refractivity contribution >= 4 is 28.6 Å². The molecule has 148 valence electrons. The molecule has 1 N–H and O–H groups in total. The Bertz CT molecular complexity index is 1240. The fraction of sp³-hybridized carbons (Fsp3) is 0.0435. The highest BCUT2D eigenvalue weighted by Crippen LogP contribution is 2.19. The summed E-state index contributed by atoms with van der Waals surface area (Å²) < 4.78 is 1.82. The molecule has 0 aliphatic heterocycles. The highest BCUT2D eigenvalue weighted by molar-refractivity contribution is 5.90. The molecule has 0 spiro atoms. The van der Waals surface area contributed by atoms with Gasteiger partial charge in [-0.25, -0.2) is 5.43 Å². The summed E-state index contributed by atoms with van der Waals surface area (Å²) in [5, 5.41) is 17.0. The molecule has 30 heavy (non-hydrogen) atoms. The predicted molar refractivity (Wildman–Crippen MR) is 116 cm³/mol. The lowest BCUT2D eigenvalue weighted by atomic mass is 10.0. The van der Waals surface area contributed by atoms with Crippen LogP contribution in [0.4, 0.5) is 5.69 Å². The second-order valence-electron chi connectivity index (χ2n) is 6.68. The second kappa shape index (κ2) is 8.40. The van der Waals surface area contributed by atoms with E-state index in [1.54, 1.807) is 18.3 Å². The van der Waals surface area contributed by atoms with Crippen molar-refractivity contribution in [2.75, 3.05) is 0 Å². The van der Waals surface area contributed by atoms with E-state index >= 15 is 0 Å². The molecule has 0 aliphatic carbocycles. The summed E-state index contributed by atoms with van der Waals surface area (Å²) in [4.78, 5) is 22.7. The van der Waals surface area contributed by atoms with Crippen molar-refractivity contribution in [3.63, 3.8) is 0 Å². The summed E-state index contributed by atoms with van der Waals surface area (Å²) in [5.74, 6) is -0.212. The number of hydrazone groups is 1. The minimum Gasteiger partial charge on any atom is -0.316 e. The highest BCUT2D eigenvalue weighted by Gasteiger charge is 2.08. The van der Waals surface area contributed by atoms with Crippen molar-refractivity contribution in [3.8, 4) is 5.69 Å². The number of nitro groups is 1. The third kappa shape index (κ3) is 4.10. The zero-order valence-electron chi connectivity index (χ0n) is 15.9. The molecule has 0 atom stereocenters. The van der Waals surface area contributed by atoms with Gasteiger partial charge in [0.1, 0.15) is 0 Å². The number of nitrogens with one attached hydrogen (secondary N) is 1. The lowest BCUT2D eigenvalue weighted by Gasteiger charge is -2.07. The second-order valence-corrected chi connectivity index (χ2v) is 6.68. The highest BCUT2D eigenvalue weighted by atomic mass is 16.6. The minimum absolute atomic E-state index is 0.0295. The van der Waals surface area contributed by atoms with Gasteiger partial charge in [0.2, 0.25) is 5.91 Å². The van der Waals surface area contributed by atoms with Crippen LogP contribution in [0.2, 0.25) is 0 Å². The number of non-ortho nitro benzene ring substituents is 1. The molecule has 7 nitrogen and oxygen atoms in total. The maximum Gasteiger partial charge on any atom is 0.269 e. The quantitative estimate of drug-likeness (QED) is 0.299. The van der Waals surface area contributed by atoms with Crippen LogP contribution in [0.25, 0.3) is 16.5 Å². The van der Waals surface area contributed by atoms with E-state index in [4.69, 9.17) is 0 Å². The Hall–Kier alpha value is -4.26. The van der Waals surface area contributed by atoms with Crippen LogP contribution in [0.1, 0.15) is 11.3 Å². The molecule has 1 amide bonds. The zero-order valence-corrected chi connectivity index (χ0v) is 15.9. The number of carbonyl (C=O) groups is 1. The van der Waals surface area contributed by atoms with Crippen molar-refractivity contribution < 1.29 is 9.72 Å². The standard InChI is InChI=1S/C23H18N4O3/c28-23(15-18-7-3-6-17-5-1-2-9-22(17)18)25-24-16-21-8-4-14-26(21)19-10-12-20(13-11-19)27(29)30/h1-14,16H,15H2,(H,25,28). The van der Waals surface area contributed by atoms with E-state index in [0.29, 0.717) is 0 Å². The van der Waals surface area contributed by atoms with Gasteiger partial charge in [-0.15, -0.1) is 0 Å². The van der Waals surface area contributed by atoms with Gasteiger partial charge < -0.3 is 4.57 Å². The average molecular weight is 398 g/mol. The molecule has 3 aromatic carbocycles. The third-order valence-electron chi connectivity index (χ3n) is 4.74. The summed E-state index contributed by atoms with van der Waals surface area (Å²) in [5.41, 5.74) is 5.02. The number of benzene rings is 3. The van der Waals surface area contributed by atoms with Crippen LogP contribution in [-0.2, 0) is 11.2 Å². The molecule has 1 aromatic heterocycles. The lowest BCUT2D eigenvalue weighted by molar-refractivity contribution is -0.384. The van der Waals surface area contributed by atoms with Gasteiger partial charge in [-0.3, -0.25) is 14.9 Å². The Kier molecular flexibility index (Phi) is 5.34. The van der Waals surface area contributed by atoms with Gasteiger partial charge in [0.15, 0.2) is 0 Å². The molecule has 0 fully saturated rings. The first-order chi connectivity index (χ1) is 14.6. The molecular formula is C23H18N4O3. The normalized spacial score (nSPS) is 11.1. The van der Waals surface area contributed by atoms with Crippen LogP contribution in [0, 0.1) is 10.1 Å². The smallest absolute Gasteiger partial charge is 0.269 e. The summed E-state index contributed by atoms with van der Waals surface area (Å²) in [6, 6.07) is 23.7. The fourth-order valence-electron chi connectivity index (χ4n) is 3.30. The summed E-state index contributed by atoms with van der Waals surface area (Å²) in [7, 11) is 0. The summed E-state index contributed by atoms with van der Waals surface area (Å²) in [6.07, 6.45) is 3.59. The van der Waals surface area contributed by atoms with E-state index in [1.165, 1.54) is 12.1 Å². The predicted octanol–water partition coefficient (Wildman–Crippen LogP) is 4.23. The van der Waals surface area contributed by atoms with Gasteiger partial charge >= 0.3 is 0 Å².